The van der Waals surface area contributed by atoms with Gasteiger partial charge in [0.05, 0.1) is 22.8 Å². The molecule has 0 unspecified atom stereocenters. The van der Waals surface area contributed by atoms with Gasteiger partial charge in [-0.05, 0) is 37.8 Å². The molecule has 0 radical (unpaired) electrons. The fourth-order valence-electron chi connectivity index (χ4n) is 4.05. The summed E-state index contributed by atoms with van der Waals surface area (Å²) in [5.41, 5.74) is 8.53. The van der Waals surface area contributed by atoms with Crippen LogP contribution in [0.2, 0.25) is 0 Å². The molecule has 3 heterocycles. The quantitative estimate of drug-likeness (QED) is 0.347. The topological polar surface area (TPSA) is 137 Å². The van der Waals surface area contributed by atoms with Gasteiger partial charge >= 0.3 is 6.03 Å². The Bertz CT molecular complexity index is 1360. The van der Waals surface area contributed by atoms with Gasteiger partial charge in [-0.15, -0.1) is 0 Å². The number of carbonyl (C=O) groups is 1. The van der Waals surface area contributed by atoms with E-state index in [1.54, 1.807) is 12.1 Å². The molecule has 1 aliphatic carbocycles. The lowest BCUT2D eigenvalue weighted by molar-refractivity contribution is 0.261. The van der Waals surface area contributed by atoms with Gasteiger partial charge in [0.2, 0.25) is 5.88 Å². The van der Waals surface area contributed by atoms with E-state index >= 15 is 0 Å². The van der Waals surface area contributed by atoms with Gasteiger partial charge in [0.15, 0.2) is 5.65 Å². The summed E-state index contributed by atoms with van der Waals surface area (Å²) in [5.74, 6) is 0.122. The van der Waals surface area contributed by atoms with Crippen LogP contribution in [0.25, 0.3) is 22.3 Å². The first-order valence-corrected chi connectivity index (χ1v) is 11.3. The van der Waals surface area contributed by atoms with Crippen molar-refractivity contribution in [2.75, 3.05) is 16.4 Å². The second-order valence-electron chi connectivity index (χ2n) is 8.39. The van der Waals surface area contributed by atoms with Crippen molar-refractivity contribution in [1.29, 1.82) is 0 Å². The van der Waals surface area contributed by atoms with Gasteiger partial charge in [-0.25, -0.2) is 23.8 Å². The van der Waals surface area contributed by atoms with Crippen molar-refractivity contribution in [1.82, 2.24) is 24.9 Å². The highest BCUT2D eigenvalue weighted by molar-refractivity contribution is 6.00. The van der Waals surface area contributed by atoms with Gasteiger partial charge < -0.3 is 15.6 Å². The van der Waals surface area contributed by atoms with Gasteiger partial charge in [0.1, 0.15) is 23.7 Å². The van der Waals surface area contributed by atoms with E-state index in [-0.39, 0.29) is 29.3 Å². The minimum Gasteiger partial charge on any atom is -0.383 e. The number of nitrogens with two attached hydrogens (primary N) is 1. The summed E-state index contributed by atoms with van der Waals surface area (Å²) in [6.07, 6.45) is 5.25. The van der Waals surface area contributed by atoms with E-state index in [2.05, 4.69) is 44.7 Å². The lowest BCUT2D eigenvalue weighted by Crippen LogP contribution is -2.19. The molecular formula is C23H25FN8O2. The molecule has 1 fully saturated rings. The maximum Gasteiger partial charge on any atom is 0.326 e. The molecule has 34 heavy (non-hydrogen) atoms. The predicted octanol–water partition coefficient (Wildman–Crippen LogP) is 5.09. The van der Waals surface area contributed by atoms with Crippen molar-refractivity contribution >= 4 is 34.5 Å². The van der Waals surface area contributed by atoms with Crippen LogP contribution in [-0.4, -0.2) is 30.9 Å². The van der Waals surface area contributed by atoms with Crippen LogP contribution in [0.15, 0.2) is 35.1 Å². The van der Waals surface area contributed by atoms with Crippen molar-refractivity contribution in [3.63, 3.8) is 0 Å². The van der Waals surface area contributed by atoms with Crippen molar-refractivity contribution in [2.24, 2.45) is 0 Å². The Morgan fingerprint density at radius 1 is 1.24 bits per heavy atom. The third-order valence-corrected chi connectivity index (χ3v) is 6.07. The van der Waals surface area contributed by atoms with Crippen LogP contribution in [0, 0.1) is 5.82 Å². The average Bonchev–Trinajstić information content (AvgIpc) is 3.44. The largest absolute Gasteiger partial charge is 0.383 e. The third-order valence-electron chi connectivity index (χ3n) is 6.07. The van der Waals surface area contributed by atoms with Crippen LogP contribution >= 0.6 is 0 Å². The van der Waals surface area contributed by atoms with E-state index < -0.39 is 11.8 Å². The molecule has 5 rings (SSSR count). The van der Waals surface area contributed by atoms with Gasteiger partial charge in [-0.2, -0.15) is 5.10 Å². The maximum absolute atomic E-state index is 14.9. The molecule has 1 aromatic carbocycles. The molecule has 0 aliphatic heterocycles. The number of anilines is 3. The number of benzene rings is 1. The number of hydrogen-bond acceptors (Lipinski definition) is 7. The lowest BCUT2D eigenvalue weighted by Gasteiger charge is -2.08. The molecule has 0 saturated heterocycles. The number of fused-ring (bicyclic) bond motifs is 1. The zero-order valence-corrected chi connectivity index (χ0v) is 18.9. The van der Waals surface area contributed by atoms with Crippen LogP contribution in [0.1, 0.15) is 57.2 Å². The molecule has 2 amide bonds. The molecule has 0 atom stereocenters. The molecule has 3 aromatic heterocycles. The van der Waals surface area contributed by atoms with Crippen molar-refractivity contribution in [3.05, 3.63) is 42.1 Å². The Morgan fingerprint density at radius 2 is 2.03 bits per heavy atom. The van der Waals surface area contributed by atoms with Crippen LogP contribution < -0.4 is 16.4 Å². The number of halogens is 1. The molecule has 10 nitrogen and oxygen atoms in total. The Morgan fingerprint density at radius 3 is 2.74 bits per heavy atom. The highest BCUT2D eigenvalue weighted by atomic mass is 19.1. The Hall–Kier alpha value is -4.02. The van der Waals surface area contributed by atoms with Crippen LogP contribution in [0.3, 0.4) is 0 Å². The summed E-state index contributed by atoms with van der Waals surface area (Å²) in [4.78, 5) is 20.8. The van der Waals surface area contributed by atoms with E-state index in [1.165, 1.54) is 18.5 Å². The summed E-state index contributed by atoms with van der Waals surface area (Å²) < 4.78 is 22.0. The maximum atomic E-state index is 14.9. The highest BCUT2D eigenvalue weighted by Crippen LogP contribution is 2.40. The first kappa shape index (κ1) is 21.8. The number of rotatable bonds is 7. The van der Waals surface area contributed by atoms with E-state index in [0.29, 0.717) is 22.3 Å². The number of aromatic nitrogens is 5. The molecule has 4 aromatic rings. The molecule has 0 bridgehead atoms. The lowest BCUT2D eigenvalue weighted by atomic mass is 10.00. The molecule has 1 saturated carbocycles. The summed E-state index contributed by atoms with van der Waals surface area (Å²) in [7, 11) is 0. The SMILES string of the molecule is CCC(CC)c1cc(NC(=O)Nc2ccc(-c3nn(C4CC4)c4ncnc(N)c34)cc2F)on1. The van der Waals surface area contributed by atoms with Gasteiger partial charge in [-0.1, -0.05) is 25.1 Å². The van der Waals surface area contributed by atoms with Crippen molar-refractivity contribution in [2.45, 2.75) is 51.5 Å². The van der Waals surface area contributed by atoms with Crippen LogP contribution in [-0.2, 0) is 0 Å². The van der Waals surface area contributed by atoms with Crippen LogP contribution in [0.4, 0.5) is 26.6 Å². The molecular weight excluding hydrogens is 439 g/mol. The average molecular weight is 465 g/mol. The molecule has 11 heteroatoms. The second kappa shape index (κ2) is 8.73. The number of hydrogen-bond donors (Lipinski definition) is 3. The first-order chi connectivity index (χ1) is 16.5. The van der Waals surface area contributed by atoms with E-state index in [9.17, 15) is 9.18 Å². The summed E-state index contributed by atoms with van der Waals surface area (Å²) in [6.45, 7) is 4.13. The molecule has 0 spiro atoms. The third kappa shape index (κ3) is 4.04. The highest BCUT2D eigenvalue weighted by Gasteiger charge is 2.29. The molecule has 1 aliphatic rings. The Balaban J connectivity index is 1.35. The fourth-order valence-corrected chi connectivity index (χ4v) is 4.05. The summed E-state index contributed by atoms with van der Waals surface area (Å²) >= 11 is 0. The van der Waals surface area contributed by atoms with Gasteiger partial charge in [0.25, 0.3) is 0 Å². The summed E-state index contributed by atoms with van der Waals surface area (Å²) in [6, 6.07) is 5.76. The Kier molecular flexibility index (Phi) is 5.60. The first-order valence-electron chi connectivity index (χ1n) is 11.3. The standard InChI is InChI=1S/C23H25FN8O2/c1-3-12(4-2)17-10-18(34-31-17)29-23(33)28-16-8-5-13(9-15(16)24)20-19-21(25)26-11-27-22(19)32(30-20)14-6-7-14/h5,8-12,14H,3-4,6-7H2,1-2H3,(H2,25,26,27)(H2,28,29,33). The smallest absolute Gasteiger partial charge is 0.326 e. The number of nitrogens with zero attached hydrogens (tertiary/aromatic N) is 5. The van der Waals surface area contributed by atoms with Crippen molar-refractivity contribution < 1.29 is 13.7 Å². The van der Waals surface area contributed by atoms with E-state index in [4.69, 9.17) is 10.3 Å². The van der Waals surface area contributed by atoms with Gasteiger partial charge in [-0.3, -0.25) is 5.32 Å². The number of carbonyl (C=O) groups excluding carboxylic acids is 1. The Labute approximate surface area is 194 Å². The minimum absolute atomic E-state index is 0.0103. The number of urea groups is 1. The zero-order chi connectivity index (χ0) is 23.8. The monoisotopic (exact) mass is 464 g/mol. The number of nitrogens with one attached hydrogen (secondary N) is 2. The number of nitrogen functional groups attached to an aromatic ring is 1. The zero-order valence-electron chi connectivity index (χ0n) is 18.9. The van der Waals surface area contributed by atoms with Crippen molar-refractivity contribution in [3.8, 4) is 11.3 Å². The van der Waals surface area contributed by atoms with E-state index in [0.717, 1.165) is 31.4 Å². The van der Waals surface area contributed by atoms with Crippen LogP contribution in [0.5, 0.6) is 0 Å². The second-order valence-corrected chi connectivity index (χ2v) is 8.39. The molecule has 4 N–H and O–H groups in total. The molecule has 176 valence electrons. The fraction of sp³-hybridized carbons (Fsp3) is 0.348. The number of amides is 2. The minimum atomic E-state index is -0.639. The van der Waals surface area contributed by atoms with E-state index in [1.807, 2.05) is 4.68 Å². The van der Waals surface area contributed by atoms with Gasteiger partial charge in [0, 0.05) is 17.5 Å². The summed E-state index contributed by atoms with van der Waals surface area (Å²) in [5, 5.41) is 14.3. The predicted molar refractivity (Wildman–Crippen MR) is 126 cm³/mol. The normalized spacial score (nSPS) is 13.5.